The van der Waals surface area contributed by atoms with Crippen LogP contribution >= 0.6 is 0 Å². The van der Waals surface area contributed by atoms with Crippen LogP contribution in [0.1, 0.15) is 18.9 Å². The molecule has 0 saturated heterocycles. The summed E-state index contributed by atoms with van der Waals surface area (Å²) in [7, 11) is 0. The number of aliphatic imine (C=N–C) groups is 2. The lowest BCUT2D eigenvalue weighted by Gasteiger charge is -1.90. The van der Waals surface area contributed by atoms with E-state index in [-0.39, 0.29) is 0 Å². The minimum absolute atomic E-state index is 0.769. The van der Waals surface area contributed by atoms with E-state index in [9.17, 15) is 0 Å². The van der Waals surface area contributed by atoms with Crippen molar-refractivity contribution in [3.63, 3.8) is 0 Å². The Morgan fingerprint density at radius 2 is 1.79 bits per heavy atom. The third kappa shape index (κ3) is 4.55. The Labute approximate surface area is 85.4 Å². The van der Waals surface area contributed by atoms with Crippen LogP contribution in [-0.4, -0.2) is 25.5 Å². The van der Waals surface area contributed by atoms with Crippen molar-refractivity contribution < 1.29 is 0 Å². The van der Waals surface area contributed by atoms with Gasteiger partial charge in [0.1, 0.15) is 0 Å². The van der Waals surface area contributed by atoms with E-state index in [1.54, 1.807) is 0 Å². The average molecular weight is 188 g/mol. The van der Waals surface area contributed by atoms with E-state index in [0.29, 0.717) is 0 Å². The summed E-state index contributed by atoms with van der Waals surface area (Å²) in [6.07, 6.45) is 4.82. The van der Waals surface area contributed by atoms with Crippen LogP contribution in [0.5, 0.6) is 0 Å². The first-order chi connectivity index (χ1) is 6.93. The van der Waals surface area contributed by atoms with Crippen molar-refractivity contribution in [2.24, 2.45) is 9.98 Å². The van der Waals surface area contributed by atoms with Gasteiger partial charge in [-0.2, -0.15) is 0 Å². The van der Waals surface area contributed by atoms with Crippen molar-refractivity contribution in [2.75, 3.05) is 13.1 Å². The maximum atomic E-state index is 4.27. The Hall–Kier alpha value is -1.44. The van der Waals surface area contributed by atoms with Crippen LogP contribution in [0.15, 0.2) is 40.3 Å². The lowest BCUT2D eigenvalue weighted by molar-refractivity contribution is 0.979. The third-order valence-electron chi connectivity index (χ3n) is 1.71. The summed E-state index contributed by atoms with van der Waals surface area (Å²) in [6, 6.07) is 10.1. The van der Waals surface area contributed by atoms with Crippen molar-refractivity contribution in [1.29, 1.82) is 0 Å². The molecule has 0 aromatic heterocycles. The van der Waals surface area contributed by atoms with E-state index in [1.807, 2.05) is 42.8 Å². The monoisotopic (exact) mass is 188 g/mol. The van der Waals surface area contributed by atoms with Gasteiger partial charge in [-0.05, 0) is 18.2 Å². The van der Waals surface area contributed by atoms with E-state index in [1.165, 1.54) is 0 Å². The van der Waals surface area contributed by atoms with Gasteiger partial charge in [0.15, 0.2) is 0 Å². The molecule has 0 heterocycles. The highest BCUT2D eigenvalue weighted by Gasteiger charge is 1.82. The van der Waals surface area contributed by atoms with Gasteiger partial charge in [-0.1, -0.05) is 37.3 Å². The fourth-order valence-corrected chi connectivity index (χ4v) is 1.04. The summed E-state index contributed by atoms with van der Waals surface area (Å²) in [6.45, 7) is 3.64. The Kier molecular flexibility index (Phi) is 5.33. The lowest BCUT2D eigenvalue weighted by Crippen LogP contribution is -1.88. The summed E-state index contributed by atoms with van der Waals surface area (Å²) < 4.78 is 0. The van der Waals surface area contributed by atoms with E-state index in [4.69, 9.17) is 0 Å². The van der Waals surface area contributed by atoms with Crippen molar-refractivity contribution in [3.05, 3.63) is 35.9 Å². The summed E-state index contributed by atoms with van der Waals surface area (Å²) in [5.41, 5.74) is 1.15. The molecule has 0 aliphatic heterocycles. The second-order valence-corrected chi connectivity index (χ2v) is 2.94. The molecule has 1 aromatic rings. The summed E-state index contributed by atoms with van der Waals surface area (Å²) in [4.78, 5) is 8.46. The van der Waals surface area contributed by atoms with E-state index in [0.717, 1.165) is 25.1 Å². The molecule has 0 fully saturated rings. The number of rotatable bonds is 5. The summed E-state index contributed by atoms with van der Waals surface area (Å²) in [5.74, 6) is 0. The predicted octanol–water partition coefficient (Wildman–Crippen LogP) is 2.59. The smallest absolute Gasteiger partial charge is 0.0585 e. The zero-order chi connectivity index (χ0) is 10.1. The van der Waals surface area contributed by atoms with Gasteiger partial charge in [0, 0.05) is 6.21 Å². The number of hydrogen-bond donors (Lipinski definition) is 0. The molecule has 0 unspecified atom stereocenters. The molecule has 1 rings (SSSR count). The second kappa shape index (κ2) is 7.01. The molecule has 0 spiro atoms. The fourth-order valence-electron chi connectivity index (χ4n) is 1.04. The molecule has 0 aliphatic carbocycles. The number of hydrogen-bond acceptors (Lipinski definition) is 2. The second-order valence-electron chi connectivity index (χ2n) is 2.94. The number of nitrogens with zero attached hydrogens (tertiary/aromatic N) is 2. The highest BCUT2D eigenvalue weighted by atomic mass is 14.8. The zero-order valence-electron chi connectivity index (χ0n) is 8.56. The molecular formula is C12H16N2. The topological polar surface area (TPSA) is 24.7 Å². The molecule has 1 aromatic carbocycles. The van der Waals surface area contributed by atoms with Crippen LogP contribution in [-0.2, 0) is 0 Å². The molecule has 2 heteroatoms. The maximum Gasteiger partial charge on any atom is 0.0585 e. The quantitative estimate of drug-likeness (QED) is 0.501. The van der Waals surface area contributed by atoms with Crippen molar-refractivity contribution >= 4 is 12.4 Å². The molecule has 0 amide bonds. The maximum absolute atomic E-state index is 4.27. The Bertz CT molecular complexity index is 288. The molecule has 0 radical (unpaired) electrons. The van der Waals surface area contributed by atoms with Gasteiger partial charge in [0.05, 0.1) is 13.1 Å². The minimum Gasteiger partial charge on any atom is -0.296 e. The predicted molar refractivity (Wildman–Crippen MR) is 62.6 cm³/mol. The highest BCUT2D eigenvalue weighted by Crippen LogP contribution is 1.93. The van der Waals surface area contributed by atoms with Gasteiger partial charge in [-0.3, -0.25) is 9.98 Å². The van der Waals surface area contributed by atoms with E-state index < -0.39 is 0 Å². The van der Waals surface area contributed by atoms with Gasteiger partial charge in [-0.25, -0.2) is 0 Å². The molecule has 0 aliphatic rings. The van der Waals surface area contributed by atoms with Crippen molar-refractivity contribution in [2.45, 2.75) is 13.3 Å². The average Bonchev–Trinajstić information content (AvgIpc) is 2.25. The van der Waals surface area contributed by atoms with Gasteiger partial charge in [0.25, 0.3) is 0 Å². The van der Waals surface area contributed by atoms with Crippen LogP contribution in [0.25, 0.3) is 0 Å². The van der Waals surface area contributed by atoms with Crippen molar-refractivity contribution in [1.82, 2.24) is 0 Å². The Balaban J connectivity index is 2.25. The largest absolute Gasteiger partial charge is 0.296 e. The first-order valence-electron chi connectivity index (χ1n) is 4.96. The van der Waals surface area contributed by atoms with Crippen LogP contribution in [0, 0.1) is 0 Å². The van der Waals surface area contributed by atoms with Crippen LogP contribution in [0.4, 0.5) is 0 Å². The third-order valence-corrected chi connectivity index (χ3v) is 1.71. The molecule has 14 heavy (non-hydrogen) atoms. The van der Waals surface area contributed by atoms with Gasteiger partial charge >= 0.3 is 0 Å². The van der Waals surface area contributed by atoms with Crippen LogP contribution < -0.4 is 0 Å². The molecule has 0 atom stereocenters. The first-order valence-corrected chi connectivity index (χ1v) is 4.96. The molecule has 0 N–H and O–H groups in total. The molecule has 2 nitrogen and oxygen atoms in total. The van der Waals surface area contributed by atoms with Crippen LogP contribution in [0.2, 0.25) is 0 Å². The van der Waals surface area contributed by atoms with Crippen molar-refractivity contribution in [3.8, 4) is 0 Å². The summed E-state index contributed by atoms with van der Waals surface area (Å²) in [5, 5.41) is 0. The molecule has 0 saturated carbocycles. The van der Waals surface area contributed by atoms with E-state index in [2.05, 4.69) is 16.9 Å². The molecule has 74 valence electrons. The SMILES string of the molecule is CCC=NCCN=Cc1ccccc1. The normalized spacial score (nSPS) is 11.5. The van der Waals surface area contributed by atoms with Gasteiger partial charge in [-0.15, -0.1) is 0 Å². The minimum atomic E-state index is 0.769. The lowest BCUT2D eigenvalue weighted by atomic mass is 10.2. The Morgan fingerprint density at radius 3 is 2.50 bits per heavy atom. The standard InChI is InChI=1S/C12H16N2/c1-2-8-13-9-10-14-11-12-6-4-3-5-7-12/h3-8,11H,2,9-10H2,1H3. The van der Waals surface area contributed by atoms with Gasteiger partial charge in [0.2, 0.25) is 0 Å². The van der Waals surface area contributed by atoms with Gasteiger partial charge < -0.3 is 0 Å². The highest BCUT2D eigenvalue weighted by molar-refractivity contribution is 5.79. The molecule has 0 bridgehead atoms. The molecular weight excluding hydrogens is 172 g/mol. The first kappa shape index (κ1) is 10.6. The fraction of sp³-hybridized carbons (Fsp3) is 0.333. The van der Waals surface area contributed by atoms with Crippen LogP contribution in [0.3, 0.4) is 0 Å². The summed E-state index contributed by atoms with van der Waals surface area (Å²) >= 11 is 0. The zero-order valence-corrected chi connectivity index (χ0v) is 8.56. The van der Waals surface area contributed by atoms with E-state index >= 15 is 0 Å². The number of benzene rings is 1. The Morgan fingerprint density at radius 1 is 1.07 bits per heavy atom.